The summed E-state index contributed by atoms with van der Waals surface area (Å²) in [4.78, 5) is 11.4. The number of nitrogens with one attached hydrogen (secondary N) is 1. The monoisotopic (exact) mass is 281 g/mol. The lowest BCUT2D eigenvalue weighted by Gasteiger charge is -2.07. The third-order valence-corrected chi connectivity index (χ3v) is 3.14. The predicted octanol–water partition coefficient (Wildman–Crippen LogP) is 2.20. The lowest BCUT2D eigenvalue weighted by atomic mass is 10.2. The zero-order chi connectivity index (χ0) is 14.5. The highest BCUT2D eigenvalue weighted by Crippen LogP contribution is 2.14. The van der Waals surface area contributed by atoms with Gasteiger partial charge in [0, 0.05) is 0 Å². The zero-order valence-corrected chi connectivity index (χ0v) is 11.4. The topological polar surface area (TPSA) is 59.9 Å². The average Bonchev–Trinajstić information content (AvgIpc) is 2.93. The molecule has 0 saturated heterocycles. The van der Waals surface area contributed by atoms with E-state index in [9.17, 15) is 4.79 Å². The second kappa shape index (κ2) is 6.09. The van der Waals surface area contributed by atoms with Gasteiger partial charge >= 0.3 is 5.69 Å². The standard InChI is InChI=1S/C16H15N3O2/c20-16-18-17-12-19(16)10-13-6-8-15(9-7-13)21-11-14-4-2-1-3-5-14/h1-9,12H,10-11H2,(H,18,20). The Hall–Kier alpha value is -2.82. The van der Waals surface area contributed by atoms with Gasteiger partial charge in [0.1, 0.15) is 18.7 Å². The minimum Gasteiger partial charge on any atom is -0.489 e. The van der Waals surface area contributed by atoms with Gasteiger partial charge in [-0.3, -0.25) is 4.57 Å². The zero-order valence-electron chi connectivity index (χ0n) is 11.4. The summed E-state index contributed by atoms with van der Waals surface area (Å²) >= 11 is 0. The Morgan fingerprint density at radius 1 is 1.00 bits per heavy atom. The Balaban J connectivity index is 1.62. The highest BCUT2D eigenvalue weighted by atomic mass is 16.5. The van der Waals surface area contributed by atoms with E-state index in [1.54, 1.807) is 0 Å². The molecule has 0 bridgehead atoms. The van der Waals surface area contributed by atoms with Crippen molar-refractivity contribution in [1.29, 1.82) is 0 Å². The Labute approximate surface area is 121 Å². The highest BCUT2D eigenvalue weighted by molar-refractivity contribution is 5.28. The fraction of sp³-hybridized carbons (Fsp3) is 0.125. The molecule has 106 valence electrons. The van der Waals surface area contributed by atoms with Gasteiger partial charge in [-0.05, 0) is 23.3 Å². The summed E-state index contributed by atoms with van der Waals surface area (Å²) in [6.07, 6.45) is 1.49. The van der Waals surface area contributed by atoms with Crippen LogP contribution in [0.25, 0.3) is 0 Å². The van der Waals surface area contributed by atoms with Crippen LogP contribution in [-0.4, -0.2) is 14.8 Å². The van der Waals surface area contributed by atoms with Gasteiger partial charge in [0.15, 0.2) is 0 Å². The second-order valence-electron chi connectivity index (χ2n) is 4.71. The van der Waals surface area contributed by atoms with Crippen LogP contribution in [-0.2, 0) is 13.2 Å². The molecule has 3 aromatic rings. The SMILES string of the molecule is O=c1[nH]ncn1Cc1ccc(OCc2ccccc2)cc1. The van der Waals surface area contributed by atoms with Crippen LogP contribution in [0.3, 0.4) is 0 Å². The molecule has 0 aliphatic heterocycles. The number of aromatic amines is 1. The molecule has 5 nitrogen and oxygen atoms in total. The van der Waals surface area contributed by atoms with Gasteiger partial charge in [-0.1, -0.05) is 42.5 Å². The van der Waals surface area contributed by atoms with Crippen LogP contribution >= 0.6 is 0 Å². The molecule has 0 spiro atoms. The number of ether oxygens (including phenoxy) is 1. The molecule has 1 aromatic heterocycles. The van der Waals surface area contributed by atoms with Gasteiger partial charge in [0.05, 0.1) is 6.54 Å². The maximum Gasteiger partial charge on any atom is 0.343 e. The molecular weight excluding hydrogens is 266 g/mol. The van der Waals surface area contributed by atoms with Crippen molar-refractivity contribution in [1.82, 2.24) is 14.8 Å². The Morgan fingerprint density at radius 3 is 2.43 bits per heavy atom. The van der Waals surface area contributed by atoms with Crippen LogP contribution < -0.4 is 10.4 Å². The van der Waals surface area contributed by atoms with Crippen LogP contribution in [0.4, 0.5) is 0 Å². The number of benzene rings is 2. The number of nitrogens with zero attached hydrogens (tertiary/aromatic N) is 2. The van der Waals surface area contributed by atoms with Crippen molar-refractivity contribution in [3.63, 3.8) is 0 Å². The van der Waals surface area contributed by atoms with Crippen molar-refractivity contribution >= 4 is 0 Å². The normalized spacial score (nSPS) is 10.5. The van der Waals surface area contributed by atoms with E-state index in [2.05, 4.69) is 10.2 Å². The van der Waals surface area contributed by atoms with Gasteiger partial charge in [0.2, 0.25) is 0 Å². The Kier molecular flexibility index (Phi) is 3.82. The maximum atomic E-state index is 11.4. The van der Waals surface area contributed by atoms with Crippen molar-refractivity contribution in [2.75, 3.05) is 0 Å². The van der Waals surface area contributed by atoms with E-state index in [-0.39, 0.29) is 5.69 Å². The number of H-pyrrole nitrogens is 1. The first-order chi connectivity index (χ1) is 10.3. The van der Waals surface area contributed by atoms with Crippen LogP contribution in [0.2, 0.25) is 0 Å². The van der Waals surface area contributed by atoms with E-state index in [0.29, 0.717) is 13.2 Å². The molecule has 2 aromatic carbocycles. The molecule has 1 N–H and O–H groups in total. The largest absolute Gasteiger partial charge is 0.489 e. The minimum atomic E-state index is -0.209. The Morgan fingerprint density at radius 2 is 1.76 bits per heavy atom. The van der Waals surface area contributed by atoms with E-state index in [4.69, 9.17) is 4.74 Å². The molecule has 3 rings (SSSR count). The van der Waals surface area contributed by atoms with E-state index in [1.165, 1.54) is 10.9 Å². The van der Waals surface area contributed by atoms with Crippen LogP contribution in [0.5, 0.6) is 5.75 Å². The summed E-state index contributed by atoms with van der Waals surface area (Å²) in [5.74, 6) is 0.808. The van der Waals surface area contributed by atoms with Gasteiger partial charge in [-0.2, -0.15) is 5.10 Å². The third kappa shape index (κ3) is 3.39. The number of aromatic nitrogens is 3. The van der Waals surface area contributed by atoms with E-state index in [0.717, 1.165) is 16.9 Å². The summed E-state index contributed by atoms with van der Waals surface area (Å²) in [5, 5.41) is 6.07. The smallest absolute Gasteiger partial charge is 0.343 e. The molecule has 0 amide bonds. The molecule has 0 saturated carbocycles. The van der Waals surface area contributed by atoms with Gasteiger partial charge < -0.3 is 4.74 Å². The summed E-state index contributed by atoms with van der Waals surface area (Å²) in [5.41, 5.74) is 1.94. The van der Waals surface area contributed by atoms with Gasteiger partial charge in [-0.25, -0.2) is 9.89 Å². The van der Waals surface area contributed by atoms with Crippen molar-refractivity contribution in [3.8, 4) is 5.75 Å². The molecule has 0 aliphatic carbocycles. The molecule has 0 unspecified atom stereocenters. The van der Waals surface area contributed by atoms with Crippen LogP contribution in [0, 0.1) is 0 Å². The summed E-state index contributed by atoms with van der Waals surface area (Å²) in [7, 11) is 0. The molecular formula is C16H15N3O2. The lowest BCUT2D eigenvalue weighted by Crippen LogP contribution is -2.16. The third-order valence-electron chi connectivity index (χ3n) is 3.14. The summed E-state index contributed by atoms with van der Waals surface area (Å²) < 4.78 is 7.23. The fourth-order valence-electron chi connectivity index (χ4n) is 2.01. The maximum absolute atomic E-state index is 11.4. The molecule has 0 fully saturated rings. The number of hydrogen-bond donors (Lipinski definition) is 1. The predicted molar refractivity (Wildman–Crippen MR) is 79.2 cm³/mol. The van der Waals surface area contributed by atoms with Crippen LogP contribution in [0.1, 0.15) is 11.1 Å². The number of hydrogen-bond acceptors (Lipinski definition) is 3. The molecule has 5 heteroatoms. The summed E-state index contributed by atoms with van der Waals surface area (Å²) in [6.45, 7) is 1.04. The van der Waals surface area contributed by atoms with E-state index in [1.807, 2.05) is 54.6 Å². The van der Waals surface area contributed by atoms with E-state index < -0.39 is 0 Å². The number of rotatable bonds is 5. The first kappa shape index (κ1) is 13.2. The first-order valence-electron chi connectivity index (χ1n) is 6.67. The fourth-order valence-corrected chi connectivity index (χ4v) is 2.01. The van der Waals surface area contributed by atoms with Crippen molar-refractivity contribution in [3.05, 3.63) is 82.5 Å². The van der Waals surface area contributed by atoms with E-state index >= 15 is 0 Å². The Bertz CT molecular complexity index is 745. The lowest BCUT2D eigenvalue weighted by molar-refractivity contribution is 0.306. The van der Waals surface area contributed by atoms with Crippen molar-refractivity contribution < 1.29 is 4.74 Å². The molecule has 0 atom stereocenters. The molecule has 0 radical (unpaired) electrons. The first-order valence-corrected chi connectivity index (χ1v) is 6.67. The van der Waals surface area contributed by atoms with Gasteiger partial charge in [0.25, 0.3) is 0 Å². The molecule has 1 heterocycles. The van der Waals surface area contributed by atoms with Gasteiger partial charge in [-0.15, -0.1) is 0 Å². The van der Waals surface area contributed by atoms with Crippen molar-refractivity contribution in [2.24, 2.45) is 0 Å². The molecule has 21 heavy (non-hydrogen) atoms. The summed E-state index contributed by atoms with van der Waals surface area (Å²) in [6, 6.07) is 17.7. The molecule has 0 aliphatic rings. The average molecular weight is 281 g/mol. The minimum absolute atomic E-state index is 0.209. The van der Waals surface area contributed by atoms with Crippen LogP contribution in [0.15, 0.2) is 65.7 Å². The van der Waals surface area contributed by atoms with Crippen molar-refractivity contribution in [2.45, 2.75) is 13.2 Å². The highest BCUT2D eigenvalue weighted by Gasteiger charge is 2.00. The quantitative estimate of drug-likeness (QED) is 0.780. The second-order valence-corrected chi connectivity index (χ2v) is 4.71.